The number of benzene rings is 1. The molecule has 0 spiro atoms. The molecule has 0 aliphatic heterocycles. The van der Waals surface area contributed by atoms with Gasteiger partial charge in [-0.1, -0.05) is 50.5 Å². The largest absolute Gasteiger partial charge is 0.365 e. The van der Waals surface area contributed by atoms with E-state index in [1.807, 2.05) is 12.3 Å². The quantitative estimate of drug-likeness (QED) is 0.824. The molecule has 3 rings (SSSR count). The predicted molar refractivity (Wildman–Crippen MR) is 79.2 cm³/mol. The zero-order chi connectivity index (χ0) is 13.1. The first-order chi connectivity index (χ1) is 9.34. The summed E-state index contributed by atoms with van der Waals surface area (Å²) in [5.74, 6) is 1.65. The standard InChI is InChI=1S/C16H21N3/c1-12-7-3-2-4-10-15(12)18-16-14-9-6-5-8-13(14)11-17-19-16/h5-6,8-9,11-12,15H,2-4,7,10H2,1H3,(H,18,19). The molecule has 100 valence electrons. The summed E-state index contributed by atoms with van der Waals surface area (Å²) >= 11 is 0. The molecule has 19 heavy (non-hydrogen) atoms. The minimum atomic E-state index is 0.530. The molecule has 1 saturated carbocycles. The van der Waals surface area contributed by atoms with Crippen molar-refractivity contribution in [3.8, 4) is 0 Å². The Morgan fingerprint density at radius 1 is 1.11 bits per heavy atom. The van der Waals surface area contributed by atoms with Gasteiger partial charge in [0.1, 0.15) is 0 Å². The maximum Gasteiger partial charge on any atom is 0.156 e. The van der Waals surface area contributed by atoms with Gasteiger partial charge in [0.15, 0.2) is 5.82 Å². The zero-order valence-electron chi connectivity index (χ0n) is 11.5. The second kappa shape index (κ2) is 5.55. The monoisotopic (exact) mass is 255 g/mol. The van der Waals surface area contributed by atoms with Crippen LogP contribution in [0.4, 0.5) is 5.82 Å². The van der Waals surface area contributed by atoms with Gasteiger partial charge in [-0.25, -0.2) is 0 Å². The van der Waals surface area contributed by atoms with Crippen molar-refractivity contribution in [2.45, 2.75) is 45.1 Å². The lowest BCUT2D eigenvalue weighted by molar-refractivity contribution is 0.455. The molecule has 1 fully saturated rings. The summed E-state index contributed by atoms with van der Waals surface area (Å²) in [4.78, 5) is 0. The molecular weight excluding hydrogens is 234 g/mol. The highest BCUT2D eigenvalue weighted by atomic mass is 15.2. The van der Waals surface area contributed by atoms with E-state index in [0.717, 1.165) is 11.2 Å². The summed E-state index contributed by atoms with van der Waals surface area (Å²) in [5.41, 5.74) is 0. The molecule has 2 unspecified atom stereocenters. The molecule has 1 aliphatic carbocycles. The fraction of sp³-hybridized carbons (Fsp3) is 0.500. The van der Waals surface area contributed by atoms with Crippen LogP contribution in [-0.4, -0.2) is 16.2 Å². The molecule has 1 aliphatic rings. The molecule has 3 nitrogen and oxygen atoms in total. The molecule has 0 radical (unpaired) electrons. The maximum atomic E-state index is 4.30. The summed E-state index contributed by atoms with van der Waals surface area (Å²) in [6, 6.07) is 8.84. The van der Waals surface area contributed by atoms with Gasteiger partial charge in [-0.3, -0.25) is 0 Å². The molecular formula is C16H21N3. The van der Waals surface area contributed by atoms with Crippen LogP contribution in [0.1, 0.15) is 39.0 Å². The van der Waals surface area contributed by atoms with Crippen LogP contribution in [0.25, 0.3) is 10.8 Å². The van der Waals surface area contributed by atoms with E-state index < -0.39 is 0 Å². The number of nitrogens with one attached hydrogen (secondary N) is 1. The minimum Gasteiger partial charge on any atom is -0.365 e. The van der Waals surface area contributed by atoms with Crippen molar-refractivity contribution in [2.75, 3.05) is 5.32 Å². The van der Waals surface area contributed by atoms with Crippen LogP contribution in [0.5, 0.6) is 0 Å². The number of hydrogen-bond acceptors (Lipinski definition) is 3. The molecule has 1 heterocycles. The number of hydrogen-bond donors (Lipinski definition) is 1. The third kappa shape index (κ3) is 2.70. The van der Waals surface area contributed by atoms with Gasteiger partial charge in [-0.2, -0.15) is 5.10 Å². The van der Waals surface area contributed by atoms with Crippen LogP contribution < -0.4 is 5.32 Å². The van der Waals surface area contributed by atoms with Crippen LogP contribution in [-0.2, 0) is 0 Å². The molecule has 0 bridgehead atoms. The van der Waals surface area contributed by atoms with E-state index in [1.54, 1.807) is 0 Å². The molecule has 3 heteroatoms. The lowest BCUT2D eigenvalue weighted by Gasteiger charge is -2.23. The van der Waals surface area contributed by atoms with Gasteiger partial charge in [0.25, 0.3) is 0 Å². The van der Waals surface area contributed by atoms with Gasteiger partial charge in [-0.05, 0) is 18.8 Å². The van der Waals surface area contributed by atoms with E-state index >= 15 is 0 Å². The van der Waals surface area contributed by atoms with E-state index in [9.17, 15) is 0 Å². The summed E-state index contributed by atoms with van der Waals surface area (Å²) in [6.07, 6.45) is 8.43. The number of nitrogens with zero attached hydrogens (tertiary/aromatic N) is 2. The van der Waals surface area contributed by atoms with Crippen molar-refractivity contribution in [3.05, 3.63) is 30.5 Å². The first-order valence-electron chi connectivity index (χ1n) is 7.31. The molecule has 1 aromatic carbocycles. The minimum absolute atomic E-state index is 0.530. The van der Waals surface area contributed by atoms with Crippen molar-refractivity contribution < 1.29 is 0 Å². The highest BCUT2D eigenvalue weighted by Gasteiger charge is 2.20. The second-order valence-electron chi connectivity index (χ2n) is 5.65. The van der Waals surface area contributed by atoms with Crippen LogP contribution in [0.2, 0.25) is 0 Å². The molecule has 1 N–H and O–H groups in total. The molecule has 2 aromatic rings. The highest BCUT2D eigenvalue weighted by molar-refractivity contribution is 5.90. The van der Waals surface area contributed by atoms with Crippen LogP contribution >= 0.6 is 0 Å². The Balaban J connectivity index is 1.88. The smallest absolute Gasteiger partial charge is 0.156 e. The fourth-order valence-electron chi connectivity index (χ4n) is 3.02. The van der Waals surface area contributed by atoms with E-state index in [2.05, 4.69) is 40.6 Å². The Hall–Kier alpha value is -1.64. The van der Waals surface area contributed by atoms with E-state index in [0.29, 0.717) is 12.0 Å². The predicted octanol–water partition coefficient (Wildman–Crippen LogP) is 4.01. The first kappa shape index (κ1) is 12.4. The Labute approximate surface area is 114 Å². The summed E-state index contributed by atoms with van der Waals surface area (Å²) in [7, 11) is 0. The Bertz CT molecular complexity index is 547. The van der Waals surface area contributed by atoms with Gasteiger partial charge < -0.3 is 5.32 Å². The molecule has 0 saturated heterocycles. The molecule has 2 atom stereocenters. The van der Waals surface area contributed by atoms with Crippen LogP contribution in [0.3, 0.4) is 0 Å². The summed E-state index contributed by atoms with van der Waals surface area (Å²) < 4.78 is 0. The van der Waals surface area contributed by atoms with E-state index in [4.69, 9.17) is 0 Å². The van der Waals surface area contributed by atoms with Gasteiger partial charge >= 0.3 is 0 Å². The van der Waals surface area contributed by atoms with Gasteiger partial charge in [0.05, 0.1) is 6.20 Å². The van der Waals surface area contributed by atoms with E-state index in [1.165, 1.54) is 37.5 Å². The molecule has 0 amide bonds. The van der Waals surface area contributed by atoms with Crippen molar-refractivity contribution in [1.82, 2.24) is 10.2 Å². The van der Waals surface area contributed by atoms with Gasteiger partial charge in [0.2, 0.25) is 0 Å². The van der Waals surface area contributed by atoms with E-state index in [-0.39, 0.29) is 0 Å². The normalized spacial score (nSPS) is 24.1. The topological polar surface area (TPSA) is 37.8 Å². The fourth-order valence-corrected chi connectivity index (χ4v) is 3.02. The van der Waals surface area contributed by atoms with Gasteiger partial charge in [-0.15, -0.1) is 5.10 Å². The van der Waals surface area contributed by atoms with Crippen LogP contribution in [0.15, 0.2) is 30.5 Å². The Kier molecular flexibility index (Phi) is 3.62. The van der Waals surface area contributed by atoms with Crippen molar-refractivity contribution >= 4 is 16.6 Å². The second-order valence-corrected chi connectivity index (χ2v) is 5.65. The SMILES string of the molecule is CC1CCCCCC1Nc1nncc2ccccc12. The number of fused-ring (bicyclic) bond motifs is 1. The highest BCUT2D eigenvalue weighted by Crippen LogP contribution is 2.27. The third-order valence-electron chi connectivity index (χ3n) is 4.25. The average molecular weight is 255 g/mol. The molecule has 1 aromatic heterocycles. The number of rotatable bonds is 2. The lowest BCUT2D eigenvalue weighted by Crippen LogP contribution is -2.26. The van der Waals surface area contributed by atoms with Crippen molar-refractivity contribution in [3.63, 3.8) is 0 Å². The van der Waals surface area contributed by atoms with Crippen molar-refractivity contribution in [2.24, 2.45) is 5.92 Å². The lowest BCUT2D eigenvalue weighted by atomic mass is 9.97. The number of aromatic nitrogens is 2. The van der Waals surface area contributed by atoms with Gasteiger partial charge in [0, 0.05) is 16.8 Å². The summed E-state index contributed by atoms with van der Waals surface area (Å²) in [6.45, 7) is 2.35. The number of anilines is 1. The third-order valence-corrected chi connectivity index (χ3v) is 4.25. The summed E-state index contributed by atoms with van der Waals surface area (Å²) in [5, 5.41) is 14.4. The average Bonchev–Trinajstić information content (AvgIpc) is 2.65. The Morgan fingerprint density at radius 3 is 2.89 bits per heavy atom. The van der Waals surface area contributed by atoms with Crippen molar-refractivity contribution in [1.29, 1.82) is 0 Å². The Morgan fingerprint density at radius 2 is 1.95 bits per heavy atom. The first-order valence-corrected chi connectivity index (χ1v) is 7.31. The van der Waals surface area contributed by atoms with Crippen LogP contribution in [0, 0.1) is 5.92 Å². The maximum absolute atomic E-state index is 4.30. The zero-order valence-corrected chi connectivity index (χ0v) is 11.5.